The average molecular weight is 340 g/mol. The van der Waals surface area contributed by atoms with Crippen molar-refractivity contribution in [2.75, 3.05) is 46.2 Å². The molecule has 2 N–H and O–H groups in total. The molecule has 2 aliphatic heterocycles. The zero-order chi connectivity index (χ0) is 16.7. The van der Waals surface area contributed by atoms with Crippen LogP contribution in [0.4, 0.5) is 4.79 Å². The molecule has 3 rings (SSSR count). The summed E-state index contributed by atoms with van der Waals surface area (Å²) >= 11 is 0. The van der Waals surface area contributed by atoms with Crippen LogP contribution in [0.2, 0.25) is 0 Å². The smallest absolute Gasteiger partial charge is 0.315 e. The second kappa shape index (κ2) is 9.02. The summed E-state index contributed by atoms with van der Waals surface area (Å²) in [7, 11) is 0. The van der Waals surface area contributed by atoms with E-state index in [4.69, 9.17) is 14.2 Å². The predicted molar refractivity (Wildman–Crippen MR) is 91.0 cm³/mol. The fourth-order valence-electron chi connectivity index (χ4n) is 4.29. The van der Waals surface area contributed by atoms with Crippen LogP contribution < -0.4 is 10.6 Å². The Morgan fingerprint density at radius 3 is 2.79 bits per heavy atom. The molecule has 2 saturated heterocycles. The van der Waals surface area contributed by atoms with Gasteiger partial charge in [0.05, 0.1) is 13.2 Å². The van der Waals surface area contributed by atoms with Crippen molar-refractivity contribution >= 4 is 6.03 Å². The molecule has 138 valence electrons. The van der Waals surface area contributed by atoms with Gasteiger partial charge in [-0.2, -0.15) is 0 Å². The summed E-state index contributed by atoms with van der Waals surface area (Å²) in [6.07, 6.45) is 7.65. The minimum absolute atomic E-state index is 0.0306. The lowest BCUT2D eigenvalue weighted by molar-refractivity contribution is 0.00623. The van der Waals surface area contributed by atoms with E-state index in [1.54, 1.807) is 0 Å². The standard InChI is InChI=1S/C18H32N2O4/c21-17(19-8-2-9-23-13-15-4-10-24-14-15)20-16-3-1-5-18(16)6-11-22-12-7-18/h15-16H,1-14H2,(H2,19,20,21)/t15-,16+/m1/s1. The lowest BCUT2D eigenvalue weighted by Crippen LogP contribution is -2.50. The summed E-state index contributed by atoms with van der Waals surface area (Å²) in [5.41, 5.74) is 0.280. The number of hydrogen-bond acceptors (Lipinski definition) is 4. The minimum atomic E-state index is -0.0306. The Morgan fingerprint density at radius 2 is 2.00 bits per heavy atom. The van der Waals surface area contributed by atoms with Crippen LogP contribution >= 0.6 is 0 Å². The number of urea groups is 1. The van der Waals surface area contributed by atoms with Gasteiger partial charge in [-0.05, 0) is 43.9 Å². The molecule has 6 nitrogen and oxygen atoms in total. The highest BCUT2D eigenvalue weighted by Crippen LogP contribution is 2.45. The van der Waals surface area contributed by atoms with Gasteiger partial charge in [-0.3, -0.25) is 0 Å². The Balaban J connectivity index is 1.27. The fourth-order valence-corrected chi connectivity index (χ4v) is 4.29. The van der Waals surface area contributed by atoms with Crippen LogP contribution in [0.1, 0.15) is 44.9 Å². The number of carbonyl (C=O) groups is 1. The topological polar surface area (TPSA) is 68.8 Å². The summed E-state index contributed by atoms with van der Waals surface area (Å²) < 4.78 is 16.5. The number of ether oxygens (including phenoxy) is 3. The van der Waals surface area contributed by atoms with E-state index in [0.29, 0.717) is 25.1 Å². The first-order chi connectivity index (χ1) is 11.8. The van der Waals surface area contributed by atoms with E-state index < -0.39 is 0 Å². The molecule has 0 radical (unpaired) electrons. The molecular weight excluding hydrogens is 308 g/mol. The van der Waals surface area contributed by atoms with Gasteiger partial charge in [0, 0.05) is 44.9 Å². The molecule has 1 aliphatic carbocycles. The summed E-state index contributed by atoms with van der Waals surface area (Å²) in [5.74, 6) is 0.555. The first kappa shape index (κ1) is 18.0. The van der Waals surface area contributed by atoms with E-state index >= 15 is 0 Å². The summed E-state index contributed by atoms with van der Waals surface area (Å²) in [6, 6.07) is 0.275. The lowest BCUT2D eigenvalue weighted by Gasteiger charge is -2.39. The molecule has 0 aromatic carbocycles. The molecule has 1 spiro atoms. The lowest BCUT2D eigenvalue weighted by atomic mass is 9.75. The zero-order valence-electron chi connectivity index (χ0n) is 14.7. The van der Waals surface area contributed by atoms with Crippen LogP contribution in [0, 0.1) is 11.3 Å². The fraction of sp³-hybridized carbons (Fsp3) is 0.944. The van der Waals surface area contributed by atoms with Crippen LogP contribution in [0.5, 0.6) is 0 Å². The third-order valence-corrected chi connectivity index (χ3v) is 5.83. The normalized spacial score (nSPS) is 29.0. The quantitative estimate of drug-likeness (QED) is 0.696. The van der Waals surface area contributed by atoms with Crippen molar-refractivity contribution in [3.8, 4) is 0 Å². The number of rotatable bonds is 7. The maximum Gasteiger partial charge on any atom is 0.315 e. The van der Waals surface area contributed by atoms with Crippen molar-refractivity contribution < 1.29 is 19.0 Å². The van der Waals surface area contributed by atoms with Gasteiger partial charge in [0.25, 0.3) is 0 Å². The molecule has 0 bridgehead atoms. The maximum atomic E-state index is 12.2. The molecule has 1 saturated carbocycles. The third kappa shape index (κ3) is 4.83. The van der Waals surface area contributed by atoms with Gasteiger partial charge in [-0.25, -0.2) is 4.79 Å². The minimum Gasteiger partial charge on any atom is -0.381 e. The van der Waals surface area contributed by atoms with Crippen molar-refractivity contribution in [3.05, 3.63) is 0 Å². The predicted octanol–water partition coefficient (Wildman–Crippen LogP) is 2.08. The highest BCUT2D eigenvalue weighted by molar-refractivity contribution is 5.74. The number of amides is 2. The van der Waals surface area contributed by atoms with E-state index in [2.05, 4.69) is 10.6 Å². The summed E-state index contributed by atoms with van der Waals surface area (Å²) in [6.45, 7) is 5.50. The molecule has 2 heterocycles. The number of carbonyl (C=O) groups excluding carboxylic acids is 1. The molecule has 6 heteroatoms. The second-order valence-corrected chi connectivity index (χ2v) is 7.48. The van der Waals surface area contributed by atoms with E-state index in [9.17, 15) is 4.79 Å². The van der Waals surface area contributed by atoms with E-state index in [1.807, 2.05) is 0 Å². The van der Waals surface area contributed by atoms with Gasteiger partial charge in [0.1, 0.15) is 0 Å². The highest BCUT2D eigenvalue weighted by atomic mass is 16.5. The Bertz CT molecular complexity index is 392. The molecular formula is C18H32N2O4. The summed E-state index contributed by atoms with van der Waals surface area (Å²) in [4.78, 5) is 12.2. The van der Waals surface area contributed by atoms with Crippen molar-refractivity contribution in [2.45, 2.75) is 51.0 Å². The molecule has 0 unspecified atom stereocenters. The molecule has 3 aliphatic rings. The Hall–Kier alpha value is -0.850. The van der Waals surface area contributed by atoms with Gasteiger partial charge in [0.15, 0.2) is 0 Å². The largest absolute Gasteiger partial charge is 0.381 e. The van der Waals surface area contributed by atoms with Crippen LogP contribution in [0.15, 0.2) is 0 Å². The van der Waals surface area contributed by atoms with E-state index in [1.165, 1.54) is 12.8 Å². The molecule has 2 amide bonds. The SMILES string of the molecule is O=C(NCCCOC[C@H]1CCOC1)N[C@H]1CCCC12CCOCC2. The Labute approximate surface area is 145 Å². The van der Waals surface area contributed by atoms with Gasteiger partial charge in [-0.15, -0.1) is 0 Å². The molecule has 3 fully saturated rings. The van der Waals surface area contributed by atoms with Gasteiger partial charge >= 0.3 is 6.03 Å². The van der Waals surface area contributed by atoms with Crippen molar-refractivity contribution in [1.29, 1.82) is 0 Å². The van der Waals surface area contributed by atoms with Gasteiger partial charge < -0.3 is 24.8 Å². The second-order valence-electron chi connectivity index (χ2n) is 7.48. The maximum absolute atomic E-state index is 12.2. The Morgan fingerprint density at radius 1 is 1.12 bits per heavy atom. The van der Waals surface area contributed by atoms with Crippen molar-refractivity contribution in [1.82, 2.24) is 10.6 Å². The molecule has 0 aromatic rings. The summed E-state index contributed by atoms with van der Waals surface area (Å²) in [5, 5.41) is 6.19. The van der Waals surface area contributed by atoms with Crippen LogP contribution in [-0.2, 0) is 14.2 Å². The van der Waals surface area contributed by atoms with E-state index in [0.717, 1.165) is 65.1 Å². The zero-order valence-corrected chi connectivity index (χ0v) is 14.7. The Kier molecular flexibility index (Phi) is 6.75. The third-order valence-electron chi connectivity index (χ3n) is 5.83. The van der Waals surface area contributed by atoms with E-state index in [-0.39, 0.29) is 11.4 Å². The first-order valence-electron chi connectivity index (χ1n) is 9.56. The number of hydrogen-bond donors (Lipinski definition) is 2. The van der Waals surface area contributed by atoms with Crippen LogP contribution in [-0.4, -0.2) is 58.3 Å². The average Bonchev–Trinajstić information content (AvgIpc) is 3.23. The van der Waals surface area contributed by atoms with Crippen LogP contribution in [0.25, 0.3) is 0 Å². The number of nitrogens with one attached hydrogen (secondary N) is 2. The van der Waals surface area contributed by atoms with Gasteiger partial charge in [-0.1, -0.05) is 6.42 Å². The van der Waals surface area contributed by atoms with Crippen molar-refractivity contribution in [2.24, 2.45) is 11.3 Å². The van der Waals surface area contributed by atoms with Crippen LogP contribution in [0.3, 0.4) is 0 Å². The highest BCUT2D eigenvalue weighted by Gasteiger charge is 2.44. The van der Waals surface area contributed by atoms with Crippen molar-refractivity contribution in [3.63, 3.8) is 0 Å². The monoisotopic (exact) mass is 340 g/mol. The molecule has 24 heavy (non-hydrogen) atoms. The van der Waals surface area contributed by atoms with Gasteiger partial charge in [0.2, 0.25) is 0 Å². The molecule has 0 aromatic heterocycles. The molecule has 2 atom stereocenters. The first-order valence-corrected chi connectivity index (χ1v) is 9.56.